The molecule has 0 amide bonds. The van der Waals surface area contributed by atoms with Gasteiger partial charge in [0.05, 0.1) is 5.56 Å². The Morgan fingerprint density at radius 2 is 1.55 bits per heavy atom. The summed E-state index contributed by atoms with van der Waals surface area (Å²) in [7, 11) is 0. The van der Waals surface area contributed by atoms with E-state index in [0.717, 1.165) is 58.8 Å². The predicted molar refractivity (Wildman–Crippen MR) is 152 cm³/mol. The molecule has 0 saturated heterocycles. The predicted octanol–water partition coefficient (Wildman–Crippen LogP) is 7.72. The van der Waals surface area contributed by atoms with Crippen molar-refractivity contribution in [2.75, 3.05) is 23.3 Å². The number of rotatable bonds is 6. The molecule has 0 fully saturated rings. The van der Waals surface area contributed by atoms with Crippen molar-refractivity contribution in [2.24, 2.45) is 0 Å². The molecule has 0 saturated carbocycles. The van der Waals surface area contributed by atoms with Gasteiger partial charge < -0.3 is 19.7 Å². The Balaban J connectivity index is 1.58. The van der Waals surface area contributed by atoms with Crippen molar-refractivity contribution in [2.45, 2.75) is 39.7 Å². The van der Waals surface area contributed by atoms with Gasteiger partial charge in [0, 0.05) is 52.9 Å². The highest BCUT2D eigenvalue weighted by molar-refractivity contribution is 5.97. The van der Waals surface area contributed by atoms with E-state index in [1.165, 1.54) is 5.56 Å². The molecule has 38 heavy (non-hydrogen) atoms. The van der Waals surface area contributed by atoms with Crippen LogP contribution in [0.3, 0.4) is 0 Å². The fourth-order valence-corrected chi connectivity index (χ4v) is 5.74. The molecule has 2 aliphatic heterocycles. The van der Waals surface area contributed by atoms with Crippen LogP contribution in [0, 0.1) is 6.92 Å². The van der Waals surface area contributed by atoms with Crippen LogP contribution in [0.2, 0.25) is 0 Å². The van der Waals surface area contributed by atoms with E-state index < -0.39 is 5.60 Å². The van der Waals surface area contributed by atoms with E-state index in [9.17, 15) is 4.79 Å². The molecule has 5 heteroatoms. The molecule has 5 nitrogen and oxygen atoms in total. The minimum absolute atomic E-state index is 0.320. The van der Waals surface area contributed by atoms with Crippen LogP contribution in [0.15, 0.2) is 78.9 Å². The minimum atomic E-state index is -1.09. The second kappa shape index (κ2) is 9.25. The molecule has 0 radical (unpaired) electrons. The van der Waals surface area contributed by atoms with Crippen molar-refractivity contribution in [1.82, 2.24) is 0 Å². The number of esters is 1. The lowest BCUT2D eigenvalue weighted by molar-refractivity contribution is 0.0224. The third-order valence-electron chi connectivity index (χ3n) is 7.76. The first-order chi connectivity index (χ1) is 18.5. The molecule has 4 aromatic rings. The van der Waals surface area contributed by atoms with E-state index >= 15 is 0 Å². The van der Waals surface area contributed by atoms with Crippen molar-refractivity contribution in [3.63, 3.8) is 0 Å². The number of nitrogens with zero attached hydrogens (tertiary/aromatic N) is 1. The minimum Gasteiger partial charge on any atom is -0.456 e. The van der Waals surface area contributed by atoms with E-state index in [1.807, 2.05) is 24.3 Å². The number of aryl methyl sites for hydroxylation is 2. The number of nitrogens with one attached hydrogen (secondary N) is 1. The van der Waals surface area contributed by atoms with Gasteiger partial charge in [0.1, 0.15) is 11.5 Å². The smallest absolute Gasteiger partial charge is 0.340 e. The van der Waals surface area contributed by atoms with Crippen LogP contribution in [0.25, 0.3) is 0 Å². The van der Waals surface area contributed by atoms with Crippen LogP contribution in [-0.2, 0) is 16.8 Å². The normalized spacial score (nSPS) is 16.8. The second-order valence-corrected chi connectivity index (χ2v) is 9.92. The first kappa shape index (κ1) is 24.1. The summed E-state index contributed by atoms with van der Waals surface area (Å²) in [5.74, 6) is 1.11. The van der Waals surface area contributed by atoms with E-state index in [1.54, 1.807) is 0 Å². The van der Waals surface area contributed by atoms with Crippen LogP contribution in [0.4, 0.5) is 17.1 Å². The number of hydrogen-bond acceptors (Lipinski definition) is 5. The van der Waals surface area contributed by atoms with Crippen molar-refractivity contribution >= 4 is 23.0 Å². The Bertz CT molecular complexity index is 1540. The van der Waals surface area contributed by atoms with E-state index in [4.69, 9.17) is 9.47 Å². The van der Waals surface area contributed by atoms with Crippen molar-refractivity contribution in [3.8, 4) is 11.5 Å². The summed E-state index contributed by atoms with van der Waals surface area (Å²) in [6.07, 6.45) is 0.820. The summed E-state index contributed by atoms with van der Waals surface area (Å²) in [4.78, 5) is 15.6. The molecule has 0 bridgehead atoms. The van der Waals surface area contributed by atoms with Crippen molar-refractivity contribution in [1.29, 1.82) is 0 Å². The fourth-order valence-electron chi connectivity index (χ4n) is 5.74. The monoisotopic (exact) mass is 504 g/mol. The number of carbonyl (C=O) groups is 1. The molecule has 0 aliphatic carbocycles. The van der Waals surface area contributed by atoms with Crippen molar-refractivity contribution in [3.05, 3.63) is 112 Å². The zero-order valence-corrected chi connectivity index (χ0v) is 22.3. The lowest BCUT2D eigenvalue weighted by atomic mass is 9.77. The summed E-state index contributed by atoms with van der Waals surface area (Å²) in [5, 5.41) is 3.60. The van der Waals surface area contributed by atoms with E-state index in [2.05, 4.69) is 92.5 Å². The van der Waals surface area contributed by atoms with Crippen molar-refractivity contribution < 1.29 is 14.3 Å². The number of benzene rings is 4. The third kappa shape index (κ3) is 3.65. The molecule has 2 aliphatic rings. The second-order valence-electron chi connectivity index (χ2n) is 9.92. The Labute approximate surface area is 224 Å². The largest absolute Gasteiger partial charge is 0.456 e. The Kier molecular flexibility index (Phi) is 5.87. The van der Waals surface area contributed by atoms with Gasteiger partial charge in [-0.3, -0.25) is 0 Å². The summed E-state index contributed by atoms with van der Waals surface area (Å²) in [6.45, 7) is 10.3. The van der Waals surface area contributed by atoms with Gasteiger partial charge in [-0.05, 0) is 75.2 Å². The molecule has 1 spiro atoms. The van der Waals surface area contributed by atoms with E-state index in [0.29, 0.717) is 17.1 Å². The van der Waals surface area contributed by atoms with Crippen LogP contribution < -0.4 is 15.0 Å². The maximum Gasteiger partial charge on any atom is 0.340 e. The van der Waals surface area contributed by atoms with Crippen LogP contribution in [0.1, 0.15) is 58.9 Å². The fraction of sp³-hybridized carbons (Fsp3) is 0.242. The van der Waals surface area contributed by atoms with Gasteiger partial charge in [0.15, 0.2) is 5.60 Å². The Hall–Kier alpha value is -4.25. The zero-order valence-electron chi connectivity index (χ0n) is 22.3. The average Bonchev–Trinajstić information content (AvgIpc) is 3.23. The molecule has 4 aromatic carbocycles. The zero-order chi connectivity index (χ0) is 26.4. The third-order valence-corrected chi connectivity index (χ3v) is 7.76. The molecule has 0 aromatic heterocycles. The summed E-state index contributed by atoms with van der Waals surface area (Å²) in [5.41, 5.74) is 7.40. The number of anilines is 3. The van der Waals surface area contributed by atoms with Gasteiger partial charge in [0.2, 0.25) is 0 Å². The standard InChI is InChI=1S/C33H32N2O3/c1-5-22-18-30-28(20-29(22)34-23-14-12-21(4)13-15-23)33(26-11-9-8-10-25(26)32(36)38-33)27-17-16-24(19-31(27)37-30)35(6-2)7-3/h8-20,34H,5-7H2,1-4H3. The van der Waals surface area contributed by atoms with Gasteiger partial charge >= 0.3 is 5.97 Å². The van der Waals surface area contributed by atoms with Gasteiger partial charge in [-0.25, -0.2) is 4.79 Å². The number of ether oxygens (including phenoxy) is 2. The van der Waals surface area contributed by atoms with Gasteiger partial charge in [0.25, 0.3) is 0 Å². The van der Waals surface area contributed by atoms with E-state index in [-0.39, 0.29) is 5.97 Å². The summed E-state index contributed by atoms with van der Waals surface area (Å²) >= 11 is 0. The summed E-state index contributed by atoms with van der Waals surface area (Å²) in [6, 6.07) is 26.5. The van der Waals surface area contributed by atoms with Gasteiger partial charge in [-0.15, -0.1) is 0 Å². The highest BCUT2D eigenvalue weighted by Gasteiger charge is 2.53. The molecule has 1 N–H and O–H groups in total. The number of carbonyl (C=O) groups excluding carboxylic acids is 1. The van der Waals surface area contributed by atoms with Gasteiger partial charge in [-0.2, -0.15) is 0 Å². The van der Waals surface area contributed by atoms with Gasteiger partial charge in [-0.1, -0.05) is 42.8 Å². The molecular formula is C33H32N2O3. The maximum absolute atomic E-state index is 13.3. The lowest BCUT2D eigenvalue weighted by Gasteiger charge is -2.38. The molecule has 1 atom stereocenters. The molecule has 2 heterocycles. The maximum atomic E-state index is 13.3. The summed E-state index contributed by atoms with van der Waals surface area (Å²) < 4.78 is 13.0. The van der Waals surface area contributed by atoms with Crippen LogP contribution in [-0.4, -0.2) is 19.1 Å². The topological polar surface area (TPSA) is 50.8 Å². The Morgan fingerprint density at radius 1 is 0.816 bits per heavy atom. The lowest BCUT2D eigenvalue weighted by Crippen LogP contribution is -2.33. The first-order valence-corrected chi connectivity index (χ1v) is 13.4. The highest BCUT2D eigenvalue weighted by atomic mass is 16.6. The molecule has 1 unspecified atom stereocenters. The number of hydrogen-bond donors (Lipinski definition) is 1. The molecule has 6 rings (SSSR count). The Morgan fingerprint density at radius 3 is 2.29 bits per heavy atom. The van der Waals surface area contributed by atoms with Crippen LogP contribution in [0.5, 0.6) is 11.5 Å². The molecular weight excluding hydrogens is 472 g/mol. The quantitative estimate of drug-likeness (QED) is 0.273. The average molecular weight is 505 g/mol. The number of fused-ring (bicyclic) bond motifs is 6. The first-order valence-electron chi connectivity index (χ1n) is 13.4. The highest BCUT2D eigenvalue weighted by Crippen LogP contribution is 2.57. The molecule has 192 valence electrons. The SMILES string of the molecule is CCc1cc2c(cc1Nc1ccc(C)cc1)C1(OC(=O)c3ccccc31)c1ccc(N(CC)CC)cc1O2. The van der Waals surface area contributed by atoms with Crippen LogP contribution >= 0.6 is 0 Å².